The van der Waals surface area contributed by atoms with Gasteiger partial charge < -0.3 is 4.74 Å². The number of ether oxygens (including phenoxy) is 1. The molecule has 92 valence electrons. The van der Waals surface area contributed by atoms with E-state index in [9.17, 15) is 4.79 Å². The number of hydrogen-bond donors (Lipinski definition) is 0. The minimum absolute atomic E-state index is 0.0787. The van der Waals surface area contributed by atoms with Crippen LogP contribution in [0.15, 0.2) is 24.3 Å². The molecule has 1 aliphatic rings. The Bertz CT molecular complexity index is 384. The molecule has 0 aromatic heterocycles. The van der Waals surface area contributed by atoms with E-state index in [1.807, 2.05) is 24.3 Å². The molecule has 1 fully saturated rings. The number of nitrogens with zero attached hydrogens (tertiary/aromatic N) is 1. The first-order valence-electron chi connectivity index (χ1n) is 6.22. The van der Waals surface area contributed by atoms with E-state index in [4.69, 9.17) is 4.74 Å². The van der Waals surface area contributed by atoms with E-state index in [0.717, 1.165) is 12.3 Å². The second-order valence-corrected chi connectivity index (χ2v) is 4.48. The van der Waals surface area contributed by atoms with Gasteiger partial charge in [0, 0.05) is 12.1 Å². The highest BCUT2D eigenvalue weighted by Crippen LogP contribution is 2.14. The predicted molar refractivity (Wildman–Crippen MR) is 67.6 cm³/mol. The van der Waals surface area contributed by atoms with Gasteiger partial charge in [-0.1, -0.05) is 12.1 Å². The zero-order chi connectivity index (χ0) is 12.1. The van der Waals surface area contributed by atoms with Crippen LogP contribution in [0.5, 0.6) is 5.75 Å². The fourth-order valence-corrected chi connectivity index (χ4v) is 2.10. The van der Waals surface area contributed by atoms with Crippen molar-refractivity contribution < 1.29 is 9.53 Å². The smallest absolute Gasteiger partial charge is 0.159 e. The number of Topliss-reactive ketones (excluding diaryl/α,β-unsaturated/α-hetero) is 1. The van der Waals surface area contributed by atoms with Crippen molar-refractivity contribution in [2.75, 3.05) is 26.2 Å². The fourth-order valence-electron chi connectivity index (χ4n) is 2.10. The molecule has 1 aromatic rings. The molecule has 3 nitrogen and oxygen atoms in total. The summed E-state index contributed by atoms with van der Waals surface area (Å²) in [7, 11) is 0. The van der Waals surface area contributed by atoms with Crippen molar-refractivity contribution in [2.24, 2.45) is 0 Å². The lowest BCUT2D eigenvalue weighted by Gasteiger charge is -2.15. The summed E-state index contributed by atoms with van der Waals surface area (Å²) in [4.78, 5) is 13.6. The molecule has 0 atom stereocenters. The van der Waals surface area contributed by atoms with Crippen LogP contribution < -0.4 is 4.74 Å². The SMILES string of the molecule is CC(=O)c1cccc(OCCN2CCCC2)c1. The van der Waals surface area contributed by atoms with Gasteiger partial charge in [-0.15, -0.1) is 0 Å². The summed E-state index contributed by atoms with van der Waals surface area (Å²) in [5.74, 6) is 0.867. The number of likely N-dealkylation sites (tertiary alicyclic amines) is 1. The Labute approximate surface area is 102 Å². The lowest BCUT2D eigenvalue weighted by molar-refractivity contribution is 0.101. The molecule has 0 bridgehead atoms. The number of benzene rings is 1. The van der Waals surface area contributed by atoms with Crippen molar-refractivity contribution in [1.82, 2.24) is 4.90 Å². The van der Waals surface area contributed by atoms with Crippen LogP contribution in [-0.2, 0) is 0 Å². The molecule has 0 N–H and O–H groups in total. The molecule has 1 aromatic carbocycles. The maximum atomic E-state index is 11.2. The van der Waals surface area contributed by atoms with E-state index in [1.54, 1.807) is 6.92 Å². The van der Waals surface area contributed by atoms with Gasteiger partial charge in [-0.2, -0.15) is 0 Å². The molecule has 1 aliphatic heterocycles. The molecule has 2 rings (SSSR count). The summed E-state index contributed by atoms with van der Waals surface area (Å²) in [5, 5.41) is 0. The number of carbonyl (C=O) groups is 1. The van der Waals surface area contributed by atoms with E-state index in [0.29, 0.717) is 12.2 Å². The van der Waals surface area contributed by atoms with Crippen LogP contribution >= 0.6 is 0 Å². The summed E-state index contributed by atoms with van der Waals surface area (Å²) in [5.41, 5.74) is 0.712. The molecule has 1 saturated heterocycles. The van der Waals surface area contributed by atoms with Gasteiger partial charge in [-0.3, -0.25) is 9.69 Å². The van der Waals surface area contributed by atoms with Gasteiger partial charge in [-0.05, 0) is 45.0 Å². The van der Waals surface area contributed by atoms with Crippen LogP contribution in [0.25, 0.3) is 0 Å². The first-order valence-corrected chi connectivity index (χ1v) is 6.22. The Morgan fingerprint density at radius 1 is 1.35 bits per heavy atom. The first-order chi connectivity index (χ1) is 8.25. The Hall–Kier alpha value is -1.35. The van der Waals surface area contributed by atoms with E-state index >= 15 is 0 Å². The minimum atomic E-state index is 0.0787. The molecule has 0 amide bonds. The summed E-state index contributed by atoms with van der Waals surface area (Å²) >= 11 is 0. The highest BCUT2D eigenvalue weighted by atomic mass is 16.5. The highest BCUT2D eigenvalue weighted by Gasteiger charge is 2.10. The molecule has 17 heavy (non-hydrogen) atoms. The van der Waals surface area contributed by atoms with Crippen LogP contribution in [0.4, 0.5) is 0 Å². The van der Waals surface area contributed by atoms with E-state index in [2.05, 4.69) is 4.90 Å². The third kappa shape index (κ3) is 3.56. The van der Waals surface area contributed by atoms with Gasteiger partial charge in [0.05, 0.1) is 0 Å². The first kappa shape index (κ1) is 12.1. The van der Waals surface area contributed by atoms with Crippen LogP contribution in [0.3, 0.4) is 0 Å². The third-order valence-corrected chi connectivity index (χ3v) is 3.12. The second kappa shape index (κ2) is 5.82. The van der Waals surface area contributed by atoms with E-state index in [1.165, 1.54) is 25.9 Å². The Morgan fingerprint density at radius 2 is 2.12 bits per heavy atom. The Balaban J connectivity index is 1.81. The largest absolute Gasteiger partial charge is 0.492 e. The van der Waals surface area contributed by atoms with Crippen LogP contribution in [-0.4, -0.2) is 36.9 Å². The molecular weight excluding hydrogens is 214 g/mol. The van der Waals surface area contributed by atoms with E-state index in [-0.39, 0.29) is 5.78 Å². The minimum Gasteiger partial charge on any atom is -0.492 e. The van der Waals surface area contributed by atoms with Gasteiger partial charge in [0.2, 0.25) is 0 Å². The summed E-state index contributed by atoms with van der Waals surface area (Å²) < 4.78 is 5.66. The average molecular weight is 233 g/mol. The van der Waals surface area contributed by atoms with Crippen LogP contribution in [0, 0.1) is 0 Å². The van der Waals surface area contributed by atoms with Gasteiger partial charge in [0.15, 0.2) is 5.78 Å². The van der Waals surface area contributed by atoms with Crippen molar-refractivity contribution >= 4 is 5.78 Å². The standard InChI is InChI=1S/C14H19NO2/c1-12(16)13-5-4-6-14(11-13)17-10-9-15-7-2-3-8-15/h4-6,11H,2-3,7-10H2,1H3. The normalized spacial score (nSPS) is 16.1. The molecule has 0 saturated carbocycles. The number of carbonyl (C=O) groups excluding carboxylic acids is 1. The van der Waals surface area contributed by atoms with Crippen molar-refractivity contribution in [3.63, 3.8) is 0 Å². The van der Waals surface area contributed by atoms with Crippen molar-refractivity contribution in [1.29, 1.82) is 0 Å². The topological polar surface area (TPSA) is 29.5 Å². The maximum Gasteiger partial charge on any atom is 0.159 e. The number of hydrogen-bond acceptors (Lipinski definition) is 3. The molecule has 0 radical (unpaired) electrons. The molecule has 1 heterocycles. The Kier molecular flexibility index (Phi) is 4.15. The zero-order valence-corrected chi connectivity index (χ0v) is 10.3. The molecule has 0 aliphatic carbocycles. The predicted octanol–water partition coefficient (Wildman–Crippen LogP) is 2.36. The second-order valence-electron chi connectivity index (χ2n) is 4.48. The maximum absolute atomic E-state index is 11.2. The van der Waals surface area contributed by atoms with Gasteiger partial charge in [0.25, 0.3) is 0 Å². The Morgan fingerprint density at radius 3 is 2.82 bits per heavy atom. The monoisotopic (exact) mass is 233 g/mol. The van der Waals surface area contributed by atoms with Crippen LogP contribution in [0.2, 0.25) is 0 Å². The van der Waals surface area contributed by atoms with Gasteiger partial charge in [-0.25, -0.2) is 0 Å². The van der Waals surface area contributed by atoms with E-state index < -0.39 is 0 Å². The molecular formula is C14H19NO2. The zero-order valence-electron chi connectivity index (χ0n) is 10.3. The number of ketones is 1. The molecule has 0 unspecified atom stereocenters. The molecule has 0 spiro atoms. The van der Waals surface area contributed by atoms with Crippen molar-refractivity contribution in [2.45, 2.75) is 19.8 Å². The lowest BCUT2D eigenvalue weighted by atomic mass is 10.1. The van der Waals surface area contributed by atoms with Crippen LogP contribution in [0.1, 0.15) is 30.1 Å². The number of rotatable bonds is 5. The van der Waals surface area contributed by atoms with Gasteiger partial charge in [0.1, 0.15) is 12.4 Å². The summed E-state index contributed by atoms with van der Waals surface area (Å²) in [6, 6.07) is 7.39. The highest BCUT2D eigenvalue weighted by molar-refractivity contribution is 5.94. The quantitative estimate of drug-likeness (QED) is 0.731. The summed E-state index contributed by atoms with van der Waals surface area (Å²) in [6.07, 6.45) is 2.61. The van der Waals surface area contributed by atoms with Crippen molar-refractivity contribution in [3.05, 3.63) is 29.8 Å². The fraction of sp³-hybridized carbons (Fsp3) is 0.500. The average Bonchev–Trinajstić information content (AvgIpc) is 2.82. The summed E-state index contributed by atoms with van der Waals surface area (Å²) in [6.45, 7) is 5.63. The van der Waals surface area contributed by atoms with Gasteiger partial charge >= 0.3 is 0 Å². The molecule has 3 heteroatoms. The van der Waals surface area contributed by atoms with Crippen molar-refractivity contribution in [3.8, 4) is 5.75 Å². The lowest BCUT2D eigenvalue weighted by Crippen LogP contribution is -2.25. The third-order valence-electron chi connectivity index (χ3n) is 3.12.